The summed E-state index contributed by atoms with van der Waals surface area (Å²) in [5, 5.41) is 4.10. The molecule has 0 aromatic heterocycles. The van der Waals surface area contributed by atoms with Crippen molar-refractivity contribution in [2.45, 2.75) is 11.3 Å². The largest absolute Gasteiger partial charge is 0.493 e. The zero-order chi connectivity index (χ0) is 18.5. The van der Waals surface area contributed by atoms with Crippen LogP contribution < -0.4 is 14.2 Å². The standard InChI is InChI=1S/C19H19NO5S/c1-22-15-10-12(11-16(23-2)18(15)24-3)19(21)25-20-14-8-9-26-17-7-5-4-6-13(14)17/h4-7,10-11H,8-9H2,1-3H3. The maximum Gasteiger partial charge on any atom is 0.366 e. The summed E-state index contributed by atoms with van der Waals surface area (Å²) in [5.41, 5.74) is 2.03. The van der Waals surface area contributed by atoms with Crippen LogP contribution >= 0.6 is 11.8 Å². The molecule has 0 fully saturated rings. The highest BCUT2D eigenvalue weighted by molar-refractivity contribution is 7.99. The summed E-state index contributed by atoms with van der Waals surface area (Å²) in [6.45, 7) is 0. The average molecular weight is 373 g/mol. The van der Waals surface area contributed by atoms with E-state index in [9.17, 15) is 4.79 Å². The van der Waals surface area contributed by atoms with Crippen LogP contribution in [0.3, 0.4) is 0 Å². The highest BCUT2D eigenvalue weighted by Gasteiger charge is 2.20. The Bertz CT molecular complexity index is 825. The monoisotopic (exact) mass is 373 g/mol. The normalized spacial score (nSPS) is 14.5. The summed E-state index contributed by atoms with van der Waals surface area (Å²) < 4.78 is 15.8. The fourth-order valence-corrected chi connectivity index (χ4v) is 3.70. The lowest BCUT2D eigenvalue weighted by Gasteiger charge is -2.16. The number of carbonyl (C=O) groups is 1. The molecule has 0 spiro atoms. The van der Waals surface area contributed by atoms with Gasteiger partial charge in [0.05, 0.1) is 32.6 Å². The second-order valence-corrected chi connectivity index (χ2v) is 6.56. The second kappa shape index (κ2) is 8.14. The van der Waals surface area contributed by atoms with E-state index < -0.39 is 5.97 Å². The predicted molar refractivity (Wildman–Crippen MR) is 99.8 cm³/mol. The minimum absolute atomic E-state index is 0.266. The third-order valence-electron chi connectivity index (χ3n) is 3.93. The SMILES string of the molecule is COc1cc(C(=O)ON=C2CCSc3ccccc32)cc(OC)c1OC. The van der Waals surface area contributed by atoms with Gasteiger partial charge < -0.3 is 19.0 Å². The summed E-state index contributed by atoms with van der Waals surface area (Å²) >= 11 is 1.77. The number of fused-ring (bicyclic) bond motifs is 1. The molecule has 3 rings (SSSR count). The number of hydrogen-bond acceptors (Lipinski definition) is 7. The number of hydrogen-bond donors (Lipinski definition) is 0. The van der Waals surface area contributed by atoms with E-state index in [4.69, 9.17) is 19.0 Å². The molecule has 1 aliphatic rings. The zero-order valence-corrected chi connectivity index (χ0v) is 15.6. The number of benzene rings is 2. The number of ether oxygens (including phenoxy) is 3. The molecule has 26 heavy (non-hydrogen) atoms. The lowest BCUT2D eigenvalue weighted by atomic mass is 10.1. The molecule has 0 bridgehead atoms. The molecular weight excluding hydrogens is 354 g/mol. The number of rotatable bonds is 5. The fourth-order valence-electron chi connectivity index (χ4n) is 2.67. The van der Waals surface area contributed by atoms with E-state index in [-0.39, 0.29) is 5.56 Å². The van der Waals surface area contributed by atoms with Crippen molar-refractivity contribution in [1.82, 2.24) is 0 Å². The van der Waals surface area contributed by atoms with Crippen molar-refractivity contribution in [2.75, 3.05) is 27.1 Å². The quantitative estimate of drug-likeness (QED) is 0.587. The van der Waals surface area contributed by atoms with E-state index in [1.165, 1.54) is 33.5 Å². The fraction of sp³-hybridized carbons (Fsp3) is 0.263. The molecule has 0 aliphatic carbocycles. The van der Waals surface area contributed by atoms with Gasteiger partial charge in [-0.25, -0.2) is 4.79 Å². The summed E-state index contributed by atoms with van der Waals surface area (Å²) in [6.07, 6.45) is 0.740. The van der Waals surface area contributed by atoms with Crippen LogP contribution in [0.1, 0.15) is 22.3 Å². The van der Waals surface area contributed by atoms with E-state index in [1.807, 2.05) is 24.3 Å². The van der Waals surface area contributed by atoms with Gasteiger partial charge in [0.2, 0.25) is 5.75 Å². The maximum atomic E-state index is 12.4. The minimum atomic E-state index is -0.590. The summed E-state index contributed by atoms with van der Waals surface area (Å²) in [4.78, 5) is 18.8. The van der Waals surface area contributed by atoms with Gasteiger partial charge >= 0.3 is 5.97 Å². The Balaban J connectivity index is 1.85. The van der Waals surface area contributed by atoms with Gasteiger partial charge in [-0.05, 0) is 18.2 Å². The summed E-state index contributed by atoms with van der Waals surface area (Å²) in [7, 11) is 4.48. The van der Waals surface area contributed by atoms with Crippen LogP contribution in [-0.2, 0) is 4.84 Å². The number of oxime groups is 1. The second-order valence-electron chi connectivity index (χ2n) is 5.43. The topological polar surface area (TPSA) is 66.4 Å². The van der Waals surface area contributed by atoms with Gasteiger partial charge in [0.25, 0.3) is 0 Å². The van der Waals surface area contributed by atoms with Gasteiger partial charge in [0.1, 0.15) is 0 Å². The highest BCUT2D eigenvalue weighted by atomic mass is 32.2. The van der Waals surface area contributed by atoms with Crippen molar-refractivity contribution in [3.05, 3.63) is 47.5 Å². The molecule has 2 aromatic carbocycles. The number of nitrogens with zero attached hydrogens (tertiary/aromatic N) is 1. The molecule has 0 saturated heterocycles. The lowest BCUT2D eigenvalue weighted by molar-refractivity contribution is 0.0515. The molecule has 0 unspecified atom stereocenters. The van der Waals surface area contributed by atoms with Crippen LogP contribution in [0, 0.1) is 0 Å². The maximum absolute atomic E-state index is 12.4. The number of methoxy groups -OCH3 is 3. The van der Waals surface area contributed by atoms with E-state index in [0.717, 1.165) is 28.3 Å². The summed E-state index contributed by atoms with van der Waals surface area (Å²) in [6, 6.07) is 11.0. The van der Waals surface area contributed by atoms with E-state index in [0.29, 0.717) is 17.2 Å². The molecule has 0 radical (unpaired) electrons. The Morgan fingerprint density at radius 2 is 1.73 bits per heavy atom. The molecule has 1 heterocycles. The van der Waals surface area contributed by atoms with Crippen LogP contribution in [0.2, 0.25) is 0 Å². The molecule has 0 saturated carbocycles. The lowest BCUT2D eigenvalue weighted by Crippen LogP contribution is -2.12. The average Bonchev–Trinajstić information content (AvgIpc) is 2.70. The van der Waals surface area contributed by atoms with Crippen molar-refractivity contribution in [3.63, 3.8) is 0 Å². The van der Waals surface area contributed by atoms with Gasteiger partial charge in [-0.3, -0.25) is 0 Å². The van der Waals surface area contributed by atoms with E-state index >= 15 is 0 Å². The zero-order valence-electron chi connectivity index (χ0n) is 14.8. The van der Waals surface area contributed by atoms with Gasteiger partial charge in [0.15, 0.2) is 11.5 Å². The Morgan fingerprint density at radius 3 is 2.38 bits per heavy atom. The van der Waals surface area contributed by atoms with Crippen molar-refractivity contribution >= 4 is 23.4 Å². The molecule has 0 amide bonds. The Kier molecular flexibility index (Phi) is 5.68. The van der Waals surface area contributed by atoms with Crippen LogP contribution in [0.15, 0.2) is 46.4 Å². The van der Waals surface area contributed by atoms with E-state index in [2.05, 4.69) is 5.16 Å². The molecule has 1 aliphatic heterocycles. The first kappa shape index (κ1) is 18.1. The van der Waals surface area contributed by atoms with Crippen LogP contribution in [0.25, 0.3) is 0 Å². The molecule has 0 atom stereocenters. The minimum Gasteiger partial charge on any atom is -0.493 e. The van der Waals surface area contributed by atoms with Gasteiger partial charge in [-0.1, -0.05) is 23.4 Å². The number of thioether (sulfide) groups is 1. The van der Waals surface area contributed by atoms with Crippen LogP contribution in [0.4, 0.5) is 0 Å². The van der Waals surface area contributed by atoms with E-state index in [1.54, 1.807) is 11.8 Å². The summed E-state index contributed by atoms with van der Waals surface area (Å²) in [5.74, 6) is 1.48. The van der Waals surface area contributed by atoms with Crippen LogP contribution in [0.5, 0.6) is 17.2 Å². The first-order valence-corrected chi connectivity index (χ1v) is 8.97. The molecule has 0 N–H and O–H groups in total. The first-order chi connectivity index (χ1) is 12.7. The third kappa shape index (κ3) is 3.62. The third-order valence-corrected chi connectivity index (χ3v) is 5.01. The highest BCUT2D eigenvalue weighted by Crippen LogP contribution is 2.38. The van der Waals surface area contributed by atoms with Crippen molar-refractivity contribution in [1.29, 1.82) is 0 Å². The first-order valence-electron chi connectivity index (χ1n) is 7.98. The van der Waals surface area contributed by atoms with Crippen molar-refractivity contribution in [3.8, 4) is 17.2 Å². The molecular formula is C19H19NO5S. The molecule has 2 aromatic rings. The van der Waals surface area contributed by atoms with Gasteiger partial charge in [-0.15, -0.1) is 11.8 Å². The smallest absolute Gasteiger partial charge is 0.366 e. The van der Waals surface area contributed by atoms with Crippen molar-refractivity contribution in [2.24, 2.45) is 5.16 Å². The molecule has 7 heteroatoms. The Hall–Kier alpha value is -2.67. The number of carbonyl (C=O) groups excluding carboxylic acids is 1. The van der Waals surface area contributed by atoms with Gasteiger partial charge in [0, 0.05) is 22.6 Å². The van der Waals surface area contributed by atoms with Crippen LogP contribution in [-0.4, -0.2) is 38.8 Å². The van der Waals surface area contributed by atoms with Crippen molar-refractivity contribution < 1.29 is 23.8 Å². The van der Waals surface area contributed by atoms with Gasteiger partial charge in [-0.2, -0.15) is 0 Å². The molecule has 6 nitrogen and oxygen atoms in total. The Labute approximate surface area is 156 Å². The predicted octanol–water partition coefficient (Wildman–Crippen LogP) is 3.77. The Morgan fingerprint density at radius 1 is 1.04 bits per heavy atom. The molecule has 136 valence electrons.